The lowest BCUT2D eigenvalue weighted by Gasteiger charge is -2.38. The summed E-state index contributed by atoms with van der Waals surface area (Å²) in [5, 5.41) is 3.74. The average molecular weight is 311 g/mol. The molecule has 0 bridgehead atoms. The molecule has 0 saturated carbocycles. The molecule has 0 amide bonds. The Kier molecular flexibility index (Phi) is 5.44. The molecule has 20 heavy (non-hydrogen) atoms. The molecule has 2 heterocycles. The fourth-order valence-electron chi connectivity index (χ4n) is 3.18. The van der Waals surface area contributed by atoms with Crippen LogP contribution in [0.5, 0.6) is 0 Å². The third-order valence-electron chi connectivity index (χ3n) is 4.21. The van der Waals surface area contributed by atoms with Gasteiger partial charge in [0, 0.05) is 23.3 Å². The molecular formula is C16H23ClN2S. The molecule has 1 saturated heterocycles. The first-order chi connectivity index (χ1) is 9.25. The van der Waals surface area contributed by atoms with Gasteiger partial charge in [-0.3, -0.25) is 4.90 Å². The molecular weight excluding hydrogens is 288 g/mol. The number of nitrogens with two attached hydrogens (primary N) is 1. The van der Waals surface area contributed by atoms with E-state index in [9.17, 15) is 0 Å². The third-order valence-corrected chi connectivity index (χ3v) is 5.22. The van der Waals surface area contributed by atoms with Gasteiger partial charge in [-0.2, -0.15) is 0 Å². The number of thiophene rings is 1. The summed E-state index contributed by atoms with van der Waals surface area (Å²) in [5.41, 5.74) is 7.63. The van der Waals surface area contributed by atoms with Gasteiger partial charge in [-0.1, -0.05) is 24.6 Å². The van der Waals surface area contributed by atoms with E-state index in [1.54, 1.807) is 0 Å². The van der Waals surface area contributed by atoms with Crippen molar-refractivity contribution in [2.45, 2.75) is 44.8 Å². The van der Waals surface area contributed by atoms with Crippen molar-refractivity contribution < 1.29 is 0 Å². The molecule has 1 aromatic heterocycles. The Morgan fingerprint density at radius 3 is 2.95 bits per heavy atom. The molecule has 1 aliphatic heterocycles. The molecule has 2 nitrogen and oxygen atoms in total. The van der Waals surface area contributed by atoms with Gasteiger partial charge in [0.05, 0.1) is 0 Å². The second-order valence-electron chi connectivity index (χ2n) is 5.65. The molecule has 2 N–H and O–H groups in total. The number of benzene rings is 1. The minimum absolute atomic E-state index is 0. The molecule has 1 fully saturated rings. The van der Waals surface area contributed by atoms with E-state index in [-0.39, 0.29) is 18.4 Å². The Labute approximate surface area is 131 Å². The molecule has 2 atom stereocenters. The van der Waals surface area contributed by atoms with Crippen molar-refractivity contribution in [3.05, 3.63) is 35.2 Å². The van der Waals surface area contributed by atoms with Crippen LogP contribution in [0.3, 0.4) is 0 Å². The first-order valence-electron chi connectivity index (χ1n) is 7.20. The van der Waals surface area contributed by atoms with Crippen LogP contribution in [0.25, 0.3) is 10.1 Å². The number of likely N-dealkylation sites (tertiary alicyclic amines) is 1. The highest BCUT2D eigenvalue weighted by molar-refractivity contribution is 7.17. The van der Waals surface area contributed by atoms with Crippen LogP contribution >= 0.6 is 23.7 Å². The zero-order valence-electron chi connectivity index (χ0n) is 11.9. The van der Waals surface area contributed by atoms with Crippen molar-refractivity contribution in [1.29, 1.82) is 0 Å². The summed E-state index contributed by atoms with van der Waals surface area (Å²) < 4.78 is 1.40. The number of hydrogen-bond acceptors (Lipinski definition) is 3. The Morgan fingerprint density at radius 1 is 1.35 bits per heavy atom. The minimum Gasteiger partial charge on any atom is -0.327 e. The number of rotatable bonds is 3. The minimum atomic E-state index is 0. The summed E-state index contributed by atoms with van der Waals surface area (Å²) in [4.78, 5) is 2.59. The van der Waals surface area contributed by atoms with Crippen LogP contribution in [0.1, 0.15) is 31.7 Å². The normalized spacial score (nSPS) is 21.6. The second-order valence-corrected chi connectivity index (χ2v) is 6.56. The van der Waals surface area contributed by atoms with Crippen LogP contribution < -0.4 is 5.73 Å². The zero-order chi connectivity index (χ0) is 13.2. The number of nitrogens with zero attached hydrogens (tertiary/aromatic N) is 1. The molecule has 2 aromatic rings. The molecule has 2 unspecified atom stereocenters. The smallest absolute Gasteiger partial charge is 0.0346 e. The van der Waals surface area contributed by atoms with Gasteiger partial charge in [-0.15, -0.1) is 23.7 Å². The van der Waals surface area contributed by atoms with Crippen molar-refractivity contribution >= 4 is 33.8 Å². The molecule has 0 radical (unpaired) electrons. The van der Waals surface area contributed by atoms with E-state index >= 15 is 0 Å². The predicted molar refractivity (Wildman–Crippen MR) is 90.8 cm³/mol. The summed E-state index contributed by atoms with van der Waals surface area (Å²) in [5.74, 6) is 0. The van der Waals surface area contributed by atoms with E-state index in [0.717, 1.165) is 6.54 Å². The number of piperidine rings is 1. The number of halogens is 1. The largest absolute Gasteiger partial charge is 0.327 e. The lowest BCUT2D eigenvalue weighted by Crippen LogP contribution is -2.48. The first kappa shape index (κ1) is 15.8. The van der Waals surface area contributed by atoms with E-state index < -0.39 is 0 Å². The van der Waals surface area contributed by atoms with Crippen LogP contribution in [0.4, 0.5) is 0 Å². The molecule has 110 valence electrons. The van der Waals surface area contributed by atoms with Crippen molar-refractivity contribution in [1.82, 2.24) is 4.90 Å². The number of hydrogen-bond donors (Lipinski definition) is 1. The van der Waals surface area contributed by atoms with E-state index in [1.807, 2.05) is 11.3 Å². The summed E-state index contributed by atoms with van der Waals surface area (Å²) >= 11 is 1.85. The van der Waals surface area contributed by atoms with Gasteiger partial charge in [0.2, 0.25) is 0 Å². The quantitative estimate of drug-likeness (QED) is 0.927. The lowest BCUT2D eigenvalue weighted by atomic mass is 9.96. The predicted octanol–water partition coefficient (Wildman–Crippen LogP) is 4.02. The molecule has 4 heteroatoms. The fourth-order valence-corrected chi connectivity index (χ4v) is 4.14. The Hall–Kier alpha value is -0.610. The van der Waals surface area contributed by atoms with Crippen LogP contribution in [-0.4, -0.2) is 23.5 Å². The Morgan fingerprint density at radius 2 is 2.15 bits per heavy atom. The van der Waals surface area contributed by atoms with Crippen molar-refractivity contribution in [2.24, 2.45) is 5.73 Å². The van der Waals surface area contributed by atoms with Crippen molar-refractivity contribution in [3.63, 3.8) is 0 Å². The topological polar surface area (TPSA) is 29.3 Å². The summed E-state index contributed by atoms with van der Waals surface area (Å²) in [6, 6.07) is 9.53. The molecule has 1 aliphatic rings. The third kappa shape index (κ3) is 3.17. The Bertz CT molecular complexity index is 552. The first-order valence-corrected chi connectivity index (χ1v) is 8.08. The van der Waals surface area contributed by atoms with Gasteiger partial charge in [-0.05, 0) is 48.7 Å². The highest BCUT2D eigenvalue weighted by atomic mass is 35.5. The maximum atomic E-state index is 6.16. The van der Waals surface area contributed by atoms with Gasteiger partial charge in [0.15, 0.2) is 0 Å². The van der Waals surface area contributed by atoms with Gasteiger partial charge in [0.25, 0.3) is 0 Å². The van der Waals surface area contributed by atoms with Crippen LogP contribution in [-0.2, 0) is 6.54 Å². The average Bonchev–Trinajstić information content (AvgIpc) is 2.83. The molecule has 0 spiro atoms. The lowest BCUT2D eigenvalue weighted by molar-refractivity contribution is 0.123. The molecule has 3 rings (SSSR count). The van der Waals surface area contributed by atoms with E-state index in [1.165, 1.54) is 41.5 Å². The van der Waals surface area contributed by atoms with E-state index in [4.69, 9.17) is 5.73 Å². The van der Waals surface area contributed by atoms with Crippen LogP contribution in [0.2, 0.25) is 0 Å². The fraction of sp³-hybridized carbons (Fsp3) is 0.500. The maximum Gasteiger partial charge on any atom is 0.0346 e. The molecule has 0 aliphatic carbocycles. The standard InChI is InChI=1S/C16H22N2S.ClH/c1-12(17)15-7-4-5-9-18(15)10-13-11-19-16-8-3-2-6-14(13)16;/h2-3,6,8,11-12,15H,4-5,7,9-10,17H2,1H3;1H. The maximum absolute atomic E-state index is 6.16. The monoisotopic (exact) mass is 310 g/mol. The van der Waals surface area contributed by atoms with Gasteiger partial charge in [0.1, 0.15) is 0 Å². The highest BCUT2D eigenvalue weighted by Gasteiger charge is 2.25. The highest BCUT2D eigenvalue weighted by Crippen LogP contribution is 2.29. The summed E-state index contributed by atoms with van der Waals surface area (Å²) in [7, 11) is 0. The number of fused-ring (bicyclic) bond motifs is 1. The van der Waals surface area contributed by atoms with Crippen molar-refractivity contribution in [3.8, 4) is 0 Å². The Balaban J connectivity index is 0.00000147. The van der Waals surface area contributed by atoms with E-state index in [2.05, 4.69) is 41.5 Å². The second kappa shape index (κ2) is 6.90. The summed E-state index contributed by atoms with van der Waals surface area (Å²) in [6.07, 6.45) is 3.89. The van der Waals surface area contributed by atoms with Crippen molar-refractivity contribution in [2.75, 3.05) is 6.54 Å². The molecule has 1 aromatic carbocycles. The van der Waals surface area contributed by atoms with Gasteiger partial charge in [-0.25, -0.2) is 0 Å². The SMILES string of the molecule is CC(N)C1CCCCN1Cc1csc2ccccc12.Cl. The van der Waals surface area contributed by atoms with Crippen LogP contribution in [0.15, 0.2) is 29.6 Å². The summed E-state index contributed by atoms with van der Waals surface area (Å²) in [6.45, 7) is 4.39. The van der Waals surface area contributed by atoms with Gasteiger partial charge < -0.3 is 5.73 Å². The van der Waals surface area contributed by atoms with E-state index in [0.29, 0.717) is 6.04 Å². The van der Waals surface area contributed by atoms with Crippen LogP contribution in [0, 0.1) is 0 Å². The van der Waals surface area contributed by atoms with Gasteiger partial charge >= 0.3 is 0 Å². The zero-order valence-corrected chi connectivity index (χ0v) is 13.6.